The molecular formula is C18H24F3NO3. The molecule has 7 heteroatoms. The van der Waals surface area contributed by atoms with Crippen LogP contribution in [0.2, 0.25) is 0 Å². The van der Waals surface area contributed by atoms with E-state index in [-0.39, 0.29) is 0 Å². The van der Waals surface area contributed by atoms with E-state index in [9.17, 15) is 18.0 Å². The summed E-state index contributed by atoms with van der Waals surface area (Å²) < 4.78 is 49.9. The number of carbonyl (C=O) groups excluding carboxylic acids is 1. The summed E-state index contributed by atoms with van der Waals surface area (Å²) in [5.74, 6) is 0. The number of methoxy groups -OCH3 is 1. The third-order valence-corrected chi connectivity index (χ3v) is 4.33. The highest BCUT2D eigenvalue weighted by molar-refractivity contribution is 5.68. The third kappa shape index (κ3) is 4.66. The fourth-order valence-corrected chi connectivity index (χ4v) is 2.97. The summed E-state index contributed by atoms with van der Waals surface area (Å²) in [6.45, 7) is 6.09. The van der Waals surface area contributed by atoms with Gasteiger partial charge in [0.05, 0.1) is 11.2 Å². The molecule has 25 heavy (non-hydrogen) atoms. The number of amides is 1. The Kier molecular flexibility index (Phi) is 5.37. The minimum atomic E-state index is -4.40. The largest absolute Gasteiger partial charge is 0.444 e. The average Bonchev–Trinajstić information content (AvgIpc) is 2.52. The molecule has 0 aromatic heterocycles. The standard InChI is InChI=1S/C18H24F3NO3/c1-16(2,3)25-15(23)22-10-8-17(24-4,9-11-22)13-6-5-7-14(12-13)18(19,20)21/h5-7,12H,8-11H2,1-4H3. The summed E-state index contributed by atoms with van der Waals surface area (Å²) >= 11 is 0. The number of piperidine rings is 1. The SMILES string of the molecule is COC1(c2cccc(C(F)(F)F)c2)CCN(C(=O)OC(C)(C)C)CC1. The van der Waals surface area contributed by atoms with Crippen molar-refractivity contribution in [3.05, 3.63) is 35.4 Å². The van der Waals surface area contributed by atoms with Gasteiger partial charge >= 0.3 is 12.3 Å². The number of halogens is 3. The van der Waals surface area contributed by atoms with E-state index in [4.69, 9.17) is 9.47 Å². The van der Waals surface area contributed by atoms with Gasteiger partial charge in [-0.2, -0.15) is 13.2 Å². The van der Waals surface area contributed by atoms with Gasteiger partial charge in [-0.1, -0.05) is 12.1 Å². The molecule has 1 amide bonds. The van der Waals surface area contributed by atoms with E-state index in [1.807, 2.05) is 0 Å². The molecule has 0 saturated carbocycles. The van der Waals surface area contributed by atoms with Gasteiger partial charge in [-0.3, -0.25) is 0 Å². The zero-order valence-electron chi connectivity index (χ0n) is 14.9. The summed E-state index contributed by atoms with van der Waals surface area (Å²) in [5.41, 5.74) is -1.64. The lowest BCUT2D eigenvalue weighted by atomic mass is 9.83. The Balaban J connectivity index is 2.15. The van der Waals surface area contributed by atoms with Crippen LogP contribution in [0.25, 0.3) is 0 Å². The van der Waals surface area contributed by atoms with Crippen molar-refractivity contribution in [2.45, 2.75) is 51.0 Å². The van der Waals surface area contributed by atoms with Crippen molar-refractivity contribution in [2.24, 2.45) is 0 Å². The summed E-state index contributed by atoms with van der Waals surface area (Å²) in [6.07, 6.45) is -4.00. The molecule has 1 heterocycles. The predicted octanol–water partition coefficient (Wildman–Crippen LogP) is 4.58. The Morgan fingerprint density at radius 3 is 2.24 bits per heavy atom. The molecule has 0 radical (unpaired) electrons. The lowest BCUT2D eigenvalue weighted by molar-refractivity contribution is -0.137. The predicted molar refractivity (Wildman–Crippen MR) is 87.2 cm³/mol. The first-order valence-electron chi connectivity index (χ1n) is 8.18. The van der Waals surface area contributed by atoms with Crippen LogP contribution in [0.15, 0.2) is 24.3 Å². The Hall–Kier alpha value is -1.76. The highest BCUT2D eigenvalue weighted by Gasteiger charge is 2.40. The fourth-order valence-electron chi connectivity index (χ4n) is 2.97. The number of likely N-dealkylation sites (tertiary alicyclic amines) is 1. The lowest BCUT2D eigenvalue weighted by Crippen LogP contribution is -2.47. The van der Waals surface area contributed by atoms with Crippen molar-refractivity contribution in [2.75, 3.05) is 20.2 Å². The first-order valence-corrected chi connectivity index (χ1v) is 8.18. The van der Waals surface area contributed by atoms with Crippen LogP contribution in [0.4, 0.5) is 18.0 Å². The average molecular weight is 359 g/mol. The molecule has 0 aliphatic carbocycles. The van der Waals surface area contributed by atoms with E-state index < -0.39 is 29.0 Å². The van der Waals surface area contributed by atoms with Crippen molar-refractivity contribution in [3.63, 3.8) is 0 Å². The van der Waals surface area contributed by atoms with Crippen LogP contribution in [0.1, 0.15) is 44.7 Å². The number of nitrogens with zero attached hydrogens (tertiary/aromatic N) is 1. The maximum absolute atomic E-state index is 13.0. The Labute approximate surface area is 145 Å². The topological polar surface area (TPSA) is 38.8 Å². The molecule has 1 fully saturated rings. The summed E-state index contributed by atoms with van der Waals surface area (Å²) in [7, 11) is 1.49. The van der Waals surface area contributed by atoms with Gasteiger partial charge in [0, 0.05) is 20.2 Å². The van der Waals surface area contributed by atoms with E-state index >= 15 is 0 Å². The highest BCUT2D eigenvalue weighted by Crippen LogP contribution is 2.39. The van der Waals surface area contributed by atoms with Crippen molar-refractivity contribution in [3.8, 4) is 0 Å². The van der Waals surface area contributed by atoms with Crippen LogP contribution in [0, 0.1) is 0 Å². The van der Waals surface area contributed by atoms with Gasteiger partial charge in [-0.15, -0.1) is 0 Å². The molecule has 1 aliphatic rings. The number of benzene rings is 1. The van der Waals surface area contributed by atoms with E-state index in [1.54, 1.807) is 31.7 Å². The lowest BCUT2D eigenvalue weighted by Gasteiger charge is -2.41. The van der Waals surface area contributed by atoms with Crippen LogP contribution in [-0.4, -0.2) is 36.8 Å². The maximum Gasteiger partial charge on any atom is 0.416 e. The second-order valence-electron chi connectivity index (χ2n) is 7.24. The van der Waals surface area contributed by atoms with Crippen molar-refractivity contribution in [1.82, 2.24) is 4.90 Å². The summed E-state index contributed by atoms with van der Waals surface area (Å²) in [4.78, 5) is 13.7. The molecule has 140 valence electrons. The van der Waals surface area contributed by atoms with Gasteiger partial charge in [0.15, 0.2) is 0 Å². The van der Waals surface area contributed by atoms with Crippen LogP contribution < -0.4 is 0 Å². The molecule has 4 nitrogen and oxygen atoms in total. The zero-order valence-corrected chi connectivity index (χ0v) is 14.9. The van der Waals surface area contributed by atoms with Gasteiger partial charge in [0.1, 0.15) is 5.60 Å². The van der Waals surface area contributed by atoms with Crippen LogP contribution in [0.3, 0.4) is 0 Å². The molecule has 0 spiro atoms. The molecule has 1 aromatic carbocycles. The van der Waals surface area contributed by atoms with Gasteiger partial charge in [0.25, 0.3) is 0 Å². The Morgan fingerprint density at radius 2 is 1.76 bits per heavy atom. The first kappa shape index (κ1) is 19.6. The number of alkyl halides is 3. The second kappa shape index (κ2) is 6.86. The molecule has 2 rings (SSSR count). The van der Waals surface area contributed by atoms with Gasteiger partial charge < -0.3 is 14.4 Å². The third-order valence-electron chi connectivity index (χ3n) is 4.33. The Morgan fingerprint density at radius 1 is 1.16 bits per heavy atom. The van der Waals surface area contributed by atoms with Crippen LogP contribution in [0.5, 0.6) is 0 Å². The van der Waals surface area contributed by atoms with E-state index in [1.165, 1.54) is 13.2 Å². The van der Waals surface area contributed by atoms with Crippen LogP contribution >= 0.6 is 0 Å². The first-order chi connectivity index (χ1) is 11.5. The van der Waals surface area contributed by atoms with E-state index in [0.717, 1.165) is 12.1 Å². The van der Waals surface area contributed by atoms with Crippen molar-refractivity contribution < 1.29 is 27.4 Å². The van der Waals surface area contributed by atoms with Crippen LogP contribution in [-0.2, 0) is 21.3 Å². The minimum absolute atomic E-state index is 0.360. The molecule has 0 N–H and O–H groups in total. The number of hydrogen-bond acceptors (Lipinski definition) is 3. The van der Waals surface area contributed by atoms with E-state index in [2.05, 4.69) is 0 Å². The summed E-state index contributed by atoms with van der Waals surface area (Å²) in [5, 5.41) is 0. The molecule has 0 bridgehead atoms. The number of ether oxygens (including phenoxy) is 2. The fraction of sp³-hybridized carbons (Fsp3) is 0.611. The minimum Gasteiger partial charge on any atom is -0.444 e. The van der Waals surface area contributed by atoms with Gasteiger partial charge in [0.2, 0.25) is 0 Å². The van der Waals surface area contributed by atoms with Crippen molar-refractivity contribution in [1.29, 1.82) is 0 Å². The van der Waals surface area contributed by atoms with Gasteiger partial charge in [-0.25, -0.2) is 4.79 Å². The number of hydrogen-bond donors (Lipinski definition) is 0. The molecule has 1 saturated heterocycles. The molecule has 0 atom stereocenters. The van der Waals surface area contributed by atoms with Gasteiger partial charge in [-0.05, 0) is 51.3 Å². The smallest absolute Gasteiger partial charge is 0.416 e. The monoisotopic (exact) mass is 359 g/mol. The second-order valence-corrected chi connectivity index (χ2v) is 7.24. The molecule has 0 unspecified atom stereocenters. The number of carbonyl (C=O) groups is 1. The van der Waals surface area contributed by atoms with Crippen molar-refractivity contribution >= 4 is 6.09 Å². The summed E-state index contributed by atoms with van der Waals surface area (Å²) in [6, 6.07) is 5.20. The molecule has 1 aliphatic heterocycles. The zero-order chi connectivity index (χ0) is 18.9. The highest BCUT2D eigenvalue weighted by atomic mass is 19.4. The Bertz CT molecular complexity index is 615. The molecular weight excluding hydrogens is 335 g/mol. The normalized spacial score (nSPS) is 18.1. The molecule has 1 aromatic rings. The maximum atomic E-state index is 13.0. The van der Waals surface area contributed by atoms with E-state index in [0.29, 0.717) is 31.5 Å². The quantitative estimate of drug-likeness (QED) is 0.776. The number of rotatable bonds is 2.